The van der Waals surface area contributed by atoms with Gasteiger partial charge in [0.2, 0.25) is 5.91 Å². The maximum absolute atomic E-state index is 12.8. The lowest BCUT2D eigenvalue weighted by Crippen LogP contribution is -2.35. The highest BCUT2D eigenvalue weighted by Crippen LogP contribution is 2.26. The van der Waals surface area contributed by atoms with Crippen LogP contribution in [0.3, 0.4) is 0 Å². The average molecular weight is 447 g/mol. The van der Waals surface area contributed by atoms with Crippen molar-refractivity contribution in [2.24, 2.45) is 11.8 Å². The van der Waals surface area contributed by atoms with Crippen LogP contribution < -0.4 is 10.6 Å². The van der Waals surface area contributed by atoms with Crippen LogP contribution in [0.1, 0.15) is 22.3 Å². The maximum atomic E-state index is 12.8. The third-order valence-electron chi connectivity index (χ3n) is 4.80. The van der Waals surface area contributed by atoms with Crippen molar-refractivity contribution in [2.45, 2.75) is 19.4 Å². The number of amides is 1. The normalized spacial score (nSPS) is 18.5. The van der Waals surface area contributed by atoms with Crippen molar-refractivity contribution in [2.75, 3.05) is 25.1 Å². The van der Waals surface area contributed by atoms with E-state index in [-0.39, 0.29) is 37.6 Å². The van der Waals surface area contributed by atoms with E-state index in [1.807, 2.05) is 6.92 Å². The van der Waals surface area contributed by atoms with Crippen molar-refractivity contribution in [3.8, 4) is 0 Å². The fourth-order valence-corrected chi connectivity index (χ4v) is 3.60. The lowest BCUT2D eigenvalue weighted by molar-refractivity contribution is -0.146. The zero-order valence-corrected chi connectivity index (χ0v) is 18.1. The van der Waals surface area contributed by atoms with Gasteiger partial charge in [-0.2, -0.15) is 0 Å². The summed E-state index contributed by atoms with van der Waals surface area (Å²) in [6, 6.07) is 4.37. The predicted octanol–water partition coefficient (Wildman–Crippen LogP) is 2.49. The molecular weight excluding hydrogens is 420 g/mol. The quantitative estimate of drug-likeness (QED) is 0.285. The van der Waals surface area contributed by atoms with Crippen LogP contribution in [-0.4, -0.2) is 53.8 Å². The van der Waals surface area contributed by atoms with Crippen LogP contribution in [0.4, 0.5) is 5.69 Å². The number of aryl methyl sites for hydroxylation is 1. The van der Waals surface area contributed by atoms with E-state index in [1.165, 1.54) is 12.2 Å². The summed E-state index contributed by atoms with van der Waals surface area (Å²) in [5.41, 5.74) is 1.38. The van der Waals surface area contributed by atoms with Crippen LogP contribution in [0, 0.1) is 18.8 Å². The van der Waals surface area contributed by atoms with Gasteiger partial charge in [0, 0.05) is 6.54 Å². The molecule has 31 heavy (non-hydrogen) atoms. The van der Waals surface area contributed by atoms with E-state index < -0.39 is 34.9 Å². The molecule has 9 heteroatoms. The molecule has 0 spiro atoms. The second kappa shape index (κ2) is 11.4. The smallest absolute Gasteiger partial charge is 0.340 e. The fourth-order valence-electron chi connectivity index (χ4n) is 3.31. The number of hydrogen-bond donors (Lipinski definition) is 3. The number of rotatable bonds is 10. The van der Waals surface area contributed by atoms with Crippen LogP contribution in [-0.2, 0) is 19.1 Å². The number of esters is 2. The number of hydrogen-bond acceptors (Lipinski definition) is 7. The van der Waals surface area contributed by atoms with Gasteiger partial charge < -0.3 is 25.2 Å². The molecule has 1 aliphatic heterocycles. The van der Waals surface area contributed by atoms with E-state index in [0.717, 1.165) is 5.56 Å². The van der Waals surface area contributed by atoms with Crippen molar-refractivity contribution in [1.82, 2.24) is 5.32 Å². The summed E-state index contributed by atoms with van der Waals surface area (Å²) in [4.78, 5) is 37.4. The summed E-state index contributed by atoms with van der Waals surface area (Å²) in [6.07, 6.45) is 3.12. The first-order valence-corrected chi connectivity index (χ1v) is 10.1. The van der Waals surface area contributed by atoms with E-state index in [2.05, 4.69) is 23.8 Å². The molecule has 1 aliphatic rings. The van der Waals surface area contributed by atoms with Gasteiger partial charge in [-0.1, -0.05) is 36.9 Å². The van der Waals surface area contributed by atoms with E-state index in [4.69, 9.17) is 21.7 Å². The summed E-state index contributed by atoms with van der Waals surface area (Å²) >= 11 is 4.82. The van der Waals surface area contributed by atoms with Gasteiger partial charge in [0.05, 0.1) is 17.3 Å². The first-order chi connectivity index (χ1) is 14.8. The van der Waals surface area contributed by atoms with Gasteiger partial charge in [-0.05, 0) is 43.6 Å². The van der Waals surface area contributed by atoms with Crippen LogP contribution in [0.5, 0.6) is 0 Å². The number of ether oxygens (including phenoxy) is 2. The summed E-state index contributed by atoms with van der Waals surface area (Å²) in [5.74, 6) is -3.06. The number of thiocarbonyl (C=S) groups is 1. The van der Waals surface area contributed by atoms with Gasteiger partial charge in [0.15, 0.2) is 5.05 Å². The zero-order chi connectivity index (χ0) is 23.0. The Morgan fingerprint density at radius 2 is 1.97 bits per heavy atom. The molecule has 0 bridgehead atoms. The molecule has 8 nitrogen and oxygen atoms in total. The van der Waals surface area contributed by atoms with Crippen LogP contribution in [0.15, 0.2) is 43.5 Å². The lowest BCUT2D eigenvalue weighted by Gasteiger charge is -2.19. The van der Waals surface area contributed by atoms with Crippen LogP contribution in [0.2, 0.25) is 0 Å². The van der Waals surface area contributed by atoms with Gasteiger partial charge in [0.1, 0.15) is 19.1 Å². The van der Waals surface area contributed by atoms with Crippen LogP contribution >= 0.6 is 12.2 Å². The number of aliphatic hydroxyl groups excluding tert-OH is 1. The highest BCUT2D eigenvalue weighted by Gasteiger charge is 2.40. The molecule has 1 saturated heterocycles. The summed E-state index contributed by atoms with van der Waals surface area (Å²) in [6.45, 7) is 9.14. The highest BCUT2D eigenvalue weighted by molar-refractivity contribution is 7.80. The van der Waals surface area contributed by atoms with Gasteiger partial charge in [0.25, 0.3) is 0 Å². The van der Waals surface area contributed by atoms with Gasteiger partial charge >= 0.3 is 11.9 Å². The molecule has 166 valence electrons. The third-order valence-corrected chi connectivity index (χ3v) is 5.06. The Hall–Kier alpha value is -3.04. The Kier molecular flexibility index (Phi) is 8.89. The van der Waals surface area contributed by atoms with Gasteiger partial charge in [-0.25, -0.2) is 4.79 Å². The minimum Gasteiger partial charge on any atom is -0.501 e. The van der Waals surface area contributed by atoms with Gasteiger partial charge in [-0.15, -0.1) is 0 Å². The molecule has 3 N–H and O–H groups in total. The van der Waals surface area contributed by atoms with E-state index >= 15 is 0 Å². The summed E-state index contributed by atoms with van der Waals surface area (Å²) < 4.78 is 10.1. The molecule has 0 aromatic heterocycles. The molecule has 1 amide bonds. The van der Waals surface area contributed by atoms with Crippen molar-refractivity contribution in [1.29, 1.82) is 0 Å². The molecule has 0 radical (unpaired) electrons. The Bertz CT molecular complexity index is 885. The number of carbonyl (C=O) groups is 3. The molecule has 0 aliphatic carbocycles. The van der Waals surface area contributed by atoms with E-state index in [9.17, 15) is 19.5 Å². The largest absolute Gasteiger partial charge is 0.501 e. The number of aliphatic hydroxyl groups is 1. The average Bonchev–Trinajstić information content (AvgIpc) is 3.21. The minimum atomic E-state index is -1.02. The summed E-state index contributed by atoms with van der Waals surface area (Å²) in [7, 11) is 0. The van der Waals surface area contributed by atoms with Crippen molar-refractivity contribution >= 4 is 40.8 Å². The molecule has 1 heterocycles. The molecule has 1 unspecified atom stereocenters. The Balaban J connectivity index is 2.09. The number of carbonyl (C=O) groups excluding carboxylic acids is 3. The fraction of sp³-hybridized carbons (Fsp3) is 0.364. The molecular formula is C22H26N2O6S. The Morgan fingerprint density at radius 3 is 2.61 bits per heavy atom. The molecule has 3 atom stereocenters. The lowest BCUT2D eigenvalue weighted by atomic mass is 9.90. The predicted molar refractivity (Wildman–Crippen MR) is 120 cm³/mol. The van der Waals surface area contributed by atoms with Crippen molar-refractivity contribution in [3.63, 3.8) is 0 Å². The van der Waals surface area contributed by atoms with Crippen molar-refractivity contribution in [3.05, 3.63) is 54.6 Å². The Morgan fingerprint density at radius 1 is 1.29 bits per heavy atom. The molecule has 2 rings (SSSR count). The number of nitrogens with one attached hydrogen (secondary N) is 2. The first kappa shape index (κ1) is 24.2. The second-order valence-corrected chi connectivity index (χ2v) is 7.53. The minimum absolute atomic E-state index is 0.000163. The SMILES string of the molecule is C=CCOC(=O)c1cc(C)ccc1NC(=O)C1C[C@@H]([C@@H](C(=O)OCC=C)C(O)=S)CN1. The zero-order valence-electron chi connectivity index (χ0n) is 17.3. The van der Waals surface area contributed by atoms with E-state index in [1.54, 1.807) is 18.2 Å². The standard InChI is InChI=1S/C22H26N2O6S/c1-4-8-29-20(26)15-10-13(3)6-7-16(15)24-19(25)17-11-14(12-23-17)18(22(28)31)21(27)30-9-5-2/h4-7,10,14,17-18,23H,1-2,8-9,11-12H2,3H3,(H,24,25)(H,28,31)/t14-,17?,18+/m1/s1. The maximum Gasteiger partial charge on any atom is 0.340 e. The first-order valence-electron chi connectivity index (χ1n) is 9.71. The summed E-state index contributed by atoms with van der Waals surface area (Å²) in [5, 5.41) is 15.1. The monoisotopic (exact) mass is 446 g/mol. The van der Waals surface area contributed by atoms with E-state index in [0.29, 0.717) is 5.69 Å². The topological polar surface area (TPSA) is 114 Å². The molecule has 0 saturated carbocycles. The molecule has 1 fully saturated rings. The number of anilines is 1. The van der Waals surface area contributed by atoms with Crippen LogP contribution in [0.25, 0.3) is 0 Å². The van der Waals surface area contributed by atoms with Crippen molar-refractivity contribution < 1.29 is 29.0 Å². The van der Waals surface area contributed by atoms with Gasteiger partial charge in [-0.3, -0.25) is 9.59 Å². The third kappa shape index (κ3) is 6.47. The Labute approximate surface area is 186 Å². The second-order valence-electron chi connectivity index (χ2n) is 7.12. The molecule has 1 aromatic carbocycles. The molecule has 1 aromatic rings. The highest BCUT2D eigenvalue weighted by atomic mass is 32.1. The number of benzene rings is 1.